The summed E-state index contributed by atoms with van der Waals surface area (Å²) in [7, 11) is -4.27. The Bertz CT molecular complexity index is 728. The van der Waals surface area contributed by atoms with E-state index < -0.39 is 16.1 Å². The summed E-state index contributed by atoms with van der Waals surface area (Å²) in [6.07, 6.45) is 4.43. The smallest absolute Gasteiger partial charge is 0.361 e. The summed E-state index contributed by atoms with van der Waals surface area (Å²) in [5.74, 6) is -0.828. The summed E-state index contributed by atoms with van der Waals surface area (Å²) in [4.78, 5) is 15.1. The molecule has 0 atom stereocenters. The highest BCUT2D eigenvalue weighted by atomic mass is 32.2. The van der Waals surface area contributed by atoms with Gasteiger partial charge < -0.3 is 5.11 Å². The van der Waals surface area contributed by atoms with Gasteiger partial charge in [-0.15, -0.1) is 0 Å². The van der Waals surface area contributed by atoms with Crippen LogP contribution in [0.2, 0.25) is 0 Å². The minimum atomic E-state index is -4.27. The first-order valence-electron chi connectivity index (χ1n) is 8.10. The molecule has 0 amide bonds. The maximum Gasteiger partial charge on any atom is 0.361 e. The Morgan fingerprint density at radius 2 is 2.00 bits per heavy atom. The van der Waals surface area contributed by atoms with Gasteiger partial charge in [0.15, 0.2) is 0 Å². The van der Waals surface area contributed by atoms with E-state index in [0.29, 0.717) is 31.3 Å². The number of carboxylic acid groups (broad SMARTS) is 1. The molecular formula is C17H24NO5S+. The van der Waals surface area contributed by atoms with Crippen LogP contribution >= 0.6 is 0 Å². The van der Waals surface area contributed by atoms with Crippen molar-refractivity contribution in [1.82, 2.24) is 0 Å². The fourth-order valence-corrected chi connectivity index (χ4v) is 4.10. The van der Waals surface area contributed by atoms with Crippen molar-refractivity contribution < 1.29 is 22.9 Å². The summed E-state index contributed by atoms with van der Waals surface area (Å²) < 4.78 is 33.2. The third kappa shape index (κ3) is 3.72. The normalized spacial score (nSPS) is 19.9. The molecule has 0 aromatic carbocycles. The Kier molecular flexibility index (Phi) is 5.25. The number of aliphatic carboxylic acids is 1. The van der Waals surface area contributed by atoms with E-state index in [1.807, 2.05) is 20.8 Å². The second-order valence-corrected chi connectivity index (χ2v) is 8.26. The fraction of sp³-hybridized carbons (Fsp3) is 0.588. The predicted octanol–water partition coefficient (Wildman–Crippen LogP) is 3.53. The molecular weight excluding hydrogens is 330 g/mol. The molecule has 0 radical (unpaired) electrons. The van der Waals surface area contributed by atoms with Crippen molar-refractivity contribution in [2.45, 2.75) is 59.3 Å². The minimum absolute atomic E-state index is 0.0532. The Balaban J connectivity index is 2.27. The van der Waals surface area contributed by atoms with Gasteiger partial charge in [0, 0.05) is 18.6 Å². The van der Waals surface area contributed by atoms with Crippen molar-refractivity contribution in [3.63, 3.8) is 0 Å². The van der Waals surface area contributed by atoms with E-state index in [4.69, 9.17) is 5.11 Å². The lowest BCUT2D eigenvalue weighted by Crippen LogP contribution is -2.26. The average Bonchev–Trinajstić information content (AvgIpc) is 2.67. The summed E-state index contributed by atoms with van der Waals surface area (Å²) >= 11 is 0. The topological polar surface area (TPSA) is 104 Å². The third-order valence-electron chi connectivity index (χ3n) is 4.82. The second-order valence-electron chi connectivity index (χ2n) is 6.82. The third-order valence-corrected chi connectivity index (χ3v) is 5.86. The molecule has 0 unspecified atom stereocenters. The molecule has 0 saturated heterocycles. The highest BCUT2D eigenvalue weighted by Crippen LogP contribution is 2.49. The first kappa shape index (κ1) is 18.7. The molecule has 132 valence electrons. The van der Waals surface area contributed by atoms with Crippen molar-refractivity contribution in [2.24, 2.45) is 10.4 Å². The van der Waals surface area contributed by atoms with Crippen LogP contribution < -0.4 is 0 Å². The first-order chi connectivity index (χ1) is 11.0. The summed E-state index contributed by atoms with van der Waals surface area (Å²) in [5, 5.41) is 8.74. The number of hydrogen-bond donors (Lipinski definition) is 2. The molecule has 0 fully saturated rings. The van der Waals surface area contributed by atoms with Gasteiger partial charge in [-0.3, -0.25) is 9.35 Å². The van der Waals surface area contributed by atoms with Crippen LogP contribution in [0.1, 0.15) is 59.3 Å². The van der Waals surface area contributed by atoms with E-state index >= 15 is 0 Å². The number of hydrogen-bond acceptors (Lipinski definition) is 4. The summed E-state index contributed by atoms with van der Waals surface area (Å²) in [6, 6.07) is 0. The number of nitrogens with zero attached hydrogens (tertiary/aromatic N) is 1. The SMILES string of the molecule is CC1=NC2=CC[C+](S(=O)(=O)O)C(CCCCCC(=O)O)=C2C1(C)C. The number of unbranched alkanes of at least 4 members (excludes halogenated alkanes) is 2. The fourth-order valence-electron chi connectivity index (χ4n) is 3.29. The molecule has 0 spiro atoms. The van der Waals surface area contributed by atoms with Crippen LogP contribution in [0.3, 0.4) is 0 Å². The van der Waals surface area contributed by atoms with Gasteiger partial charge >= 0.3 is 16.1 Å². The molecule has 7 heteroatoms. The number of carbonyl (C=O) groups is 1. The number of allylic oxidation sites excluding steroid dienone is 2. The van der Waals surface area contributed by atoms with Gasteiger partial charge in [0.1, 0.15) is 16.8 Å². The van der Waals surface area contributed by atoms with Crippen LogP contribution in [-0.2, 0) is 14.9 Å². The summed E-state index contributed by atoms with van der Waals surface area (Å²) in [6.45, 7) is 5.92. The quantitative estimate of drug-likeness (QED) is 0.413. The van der Waals surface area contributed by atoms with Crippen LogP contribution in [0.4, 0.5) is 0 Å². The van der Waals surface area contributed by atoms with Crippen molar-refractivity contribution in [3.8, 4) is 0 Å². The highest BCUT2D eigenvalue weighted by molar-refractivity contribution is 7.89. The largest absolute Gasteiger partial charge is 0.481 e. The van der Waals surface area contributed by atoms with Crippen LogP contribution in [0.5, 0.6) is 0 Å². The molecule has 0 aromatic heterocycles. The molecule has 6 nitrogen and oxygen atoms in total. The molecule has 0 aromatic rings. The zero-order chi connectivity index (χ0) is 18.1. The molecule has 2 N–H and O–H groups in total. The minimum Gasteiger partial charge on any atom is -0.481 e. The van der Waals surface area contributed by atoms with Gasteiger partial charge in [-0.25, -0.2) is 4.99 Å². The van der Waals surface area contributed by atoms with Gasteiger partial charge in [0.2, 0.25) is 5.25 Å². The number of aliphatic imine (C=N–C) groups is 1. The van der Waals surface area contributed by atoms with E-state index in [2.05, 4.69) is 4.99 Å². The maximum atomic E-state index is 11.8. The molecule has 2 rings (SSSR count). The number of rotatable bonds is 7. The Morgan fingerprint density at radius 3 is 2.58 bits per heavy atom. The zero-order valence-electron chi connectivity index (χ0n) is 14.3. The second kappa shape index (κ2) is 6.72. The highest BCUT2D eigenvalue weighted by Gasteiger charge is 2.51. The van der Waals surface area contributed by atoms with Crippen molar-refractivity contribution in [1.29, 1.82) is 0 Å². The standard InChI is InChI=1S/C17H23NO5S/c1-11-17(2,3)16-12(7-5-4-6-8-15(19)20)14(24(21,22)23)10-9-13(16)18-11/h9H,4-8,10H2,1-3H3,(H-,19,20,21,22,23)/p+1. The van der Waals surface area contributed by atoms with E-state index in [1.54, 1.807) is 6.08 Å². The van der Waals surface area contributed by atoms with Crippen LogP contribution in [-0.4, -0.2) is 29.8 Å². The summed E-state index contributed by atoms with van der Waals surface area (Å²) in [5.41, 5.74) is 2.86. The number of carboxylic acids is 1. The van der Waals surface area contributed by atoms with Gasteiger partial charge in [-0.05, 0) is 39.7 Å². The molecule has 1 heterocycles. The number of fused-ring (bicyclic) bond motifs is 1. The lowest BCUT2D eigenvalue weighted by Gasteiger charge is -2.22. The monoisotopic (exact) mass is 354 g/mol. The zero-order valence-corrected chi connectivity index (χ0v) is 15.1. The van der Waals surface area contributed by atoms with Crippen molar-refractivity contribution >= 4 is 21.8 Å². The average molecular weight is 354 g/mol. The predicted molar refractivity (Wildman–Crippen MR) is 92.1 cm³/mol. The molecule has 0 saturated carbocycles. The van der Waals surface area contributed by atoms with E-state index in [-0.39, 0.29) is 23.5 Å². The Labute approximate surface area is 143 Å². The molecule has 2 aliphatic rings. The lowest BCUT2D eigenvalue weighted by molar-refractivity contribution is -0.137. The Hall–Kier alpha value is -1.60. The van der Waals surface area contributed by atoms with Crippen LogP contribution in [0.25, 0.3) is 0 Å². The van der Waals surface area contributed by atoms with Gasteiger partial charge in [-0.2, -0.15) is 8.42 Å². The van der Waals surface area contributed by atoms with Crippen LogP contribution in [0, 0.1) is 10.7 Å². The van der Waals surface area contributed by atoms with E-state index in [0.717, 1.165) is 17.0 Å². The van der Waals surface area contributed by atoms with E-state index in [1.165, 1.54) is 0 Å². The first-order valence-corrected chi connectivity index (χ1v) is 9.54. The van der Waals surface area contributed by atoms with E-state index in [9.17, 15) is 17.8 Å². The molecule has 1 aliphatic carbocycles. The van der Waals surface area contributed by atoms with Gasteiger partial charge in [-0.1, -0.05) is 6.42 Å². The maximum absolute atomic E-state index is 11.8. The van der Waals surface area contributed by atoms with Crippen molar-refractivity contribution in [3.05, 3.63) is 28.2 Å². The molecule has 0 bridgehead atoms. The Morgan fingerprint density at radius 1 is 1.33 bits per heavy atom. The van der Waals surface area contributed by atoms with Gasteiger partial charge in [0.05, 0.1) is 11.8 Å². The molecule has 1 aliphatic heterocycles. The van der Waals surface area contributed by atoms with Crippen LogP contribution in [0.15, 0.2) is 27.9 Å². The van der Waals surface area contributed by atoms with Crippen molar-refractivity contribution in [2.75, 3.05) is 0 Å². The lowest BCUT2D eigenvalue weighted by atomic mass is 9.75. The molecule has 24 heavy (non-hydrogen) atoms. The van der Waals surface area contributed by atoms with Gasteiger partial charge in [0.25, 0.3) is 0 Å².